The number of nitrogens with one attached hydrogen (secondary N) is 1. The summed E-state index contributed by atoms with van der Waals surface area (Å²) in [6, 6.07) is 13.3. The molecular formula is C25H31N5O4. The van der Waals surface area contributed by atoms with Crippen LogP contribution in [0.25, 0.3) is 0 Å². The first-order valence-corrected chi connectivity index (χ1v) is 11.8. The summed E-state index contributed by atoms with van der Waals surface area (Å²) in [7, 11) is 0. The van der Waals surface area contributed by atoms with Crippen molar-refractivity contribution in [3.05, 3.63) is 69.8 Å². The zero-order valence-corrected chi connectivity index (χ0v) is 19.2. The van der Waals surface area contributed by atoms with E-state index in [1.165, 1.54) is 18.9 Å². The van der Waals surface area contributed by atoms with E-state index in [0.717, 1.165) is 39.0 Å². The van der Waals surface area contributed by atoms with Gasteiger partial charge in [-0.3, -0.25) is 19.7 Å². The molecule has 0 spiro atoms. The van der Waals surface area contributed by atoms with E-state index in [1.807, 2.05) is 0 Å². The third-order valence-corrected chi connectivity index (χ3v) is 6.81. The molecule has 180 valence electrons. The summed E-state index contributed by atoms with van der Waals surface area (Å²) in [6.07, 6.45) is 4.31. The number of likely N-dealkylation sites (tertiary alicyclic amines) is 1. The van der Waals surface area contributed by atoms with Gasteiger partial charge in [0, 0.05) is 30.8 Å². The van der Waals surface area contributed by atoms with Gasteiger partial charge in [0.1, 0.15) is 5.69 Å². The number of hydrogen-bond donors (Lipinski definition) is 2. The van der Waals surface area contributed by atoms with Gasteiger partial charge in [-0.05, 0) is 62.5 Å². The van der Waals surface area contributed by atoms with Crippen molar-refractivity contribution in [1.82, 2.24) is 10.2 Å². The first kappa shape index (κ1) is 23.7. The lowest BCUT2D eigenvalue weighted by molar-refractivity contribution is -0.384. The summed E-state index contributed by atoms with van der Waals surface area (Å²) in [6.45, 7) is 3.82. The number of rotatable bonds is 8. The third kappa shape index (κ3) is 5.53. The van der Waals surface area contributed by atoms with Crippen molar-refractivity contribution in [3.8, 4) is 0 Å². The molecule has 4 rings (SSSR count). The molecule has 2 aliphatic heterocycles. The van der Waals surface area contributed by atoms with Gasteiger partial charge in [-0.2, -0.15) is 0 Å². The van der Waals surface area contributed by atoms with Gasteiger partial charge in [-0.15, -0.1) is 0 Å². The highest BCUT2D eigenvalue weighted by Gasteiger charge is 2.30. The van der Waals surface area contributed by atoms with Crippen molar-refractivity contribution in [3.63, 3.8) is 0 Å². The van der Waals surface area contributed by atoms with Gasteiger partial charge in [-0.1, -0.05) is 24.3 Å². The Bertz CT molecular complexity index is 1030. The predicted molar refractivity (Wildman–Crippen MR) is 130 cm³/mol. The molecule has 0 aromatic heterocycles. The lowest BCUT2D eigenvalue weighted by Gasteiger charge is -2.37. The van der Waals surface area contributed by atoms with Crippen molar-refractivity contribution in [1.29, 1.82) is 0 Å². The van der Waals surface area contributed by atoms with Crippen LogP contribution in [0.5, 0.6) is 0 Å². The highest BCUT2D eigenvalue weighted by Crippen LogP contribution is 2.34. The lowest BCUT2D eigenvalue weighted by atomic mass is 9.99. The first-order valence-electron chi connectivity index (χ1n) is 11.8. The molecular weight excluding hydrogens is 434 g/mol. The number of anilines is 1. The van der Waals surface area contributed by atoms with E-state index in [0.29, 0.717) is 22.9 Å². The second-order valence-electron chi connectivity index (χ2n) is 9.03. The average molecular weight is 466 g/mol. The number of piperidine rings is 1. The second-order valence-corrected chi connectivity index (χ2v) is 9.03. The van der Waals surface area contributed by atoms with Crippen LogP contribution in [0, 0.1) is 10.1 Å². The summed E-state index contributed by atoms with van der Waals surface area (Å²) in [5.41, 5.74) is 6.87. The Morgan fingerprint density at radius 1 is 1.06 bits per heavy atom. The van der Waals surface area contributed by atoms with Crippen LogP contribution in [-0.4, -0.2) is 53.9 Å². The average Bonchev–Trinajstić information content (AvgIpc) is 3.39. The second kappa shape index (κ2) is 10.6. The SMILES string of the molecule is NC(=O)CC(NC(=O)c1ccccc1)c1ccc(N2CCC(N3CCCC3)CC2)c([N+](=O)[O-])c1. The smallest absolute Gasteiger partial charge is 0.292 e. The number of benzene rings is 2. The molecule has 2 saturated heterocycles. The molecule has 2 amide bonds. The molecule has 0 bridgehead atoms. The maximum atomic E-state index is 12.7. The summed E-state index contributed by atoms with van der Waals surface area (Å²) in [5.74, 6) is -0.975. The van der Waals surface area contributed by atoms with E-state index in [-0.39, 0.29) is 18.0 Å². The minimum atomic E-state index is -0.765. The molecule has 0 radical (unpaired) electrons. The Morgan fingerprint density at radius 2 is 1.74 bits per heavy atom. The quantitative estimate of drug-likeness (QED) is 0.457. The number of carbonyl (C=O) groups is 2. The van der Waals surface area contributed by atoms with Crippen molar-refractivity contribution in [2.75, 3.05) is 31.1 Å². The maximum absolute atomic E-state index is 12.7. The van der Waals surface area contributed by atoms with Crippen molar-refractivity contribution < 1.29 is 14.5 Å². The number of carbonyl (C=O) groups excluding carboxylic acids is 2. The number of nitro groups is 1. The van der Waals surface area contributed by atoms with Gasteiger partial charge in [0.05, 0.1) is 17.4 Å². The molecule has 2 aromatic carbocycles. The molecule has 2 aromatic rings. The zero-order valence-electron chi connectivity index (χ0n) is 19.2. The van der Waals surface area contributed by atoms with E-state index in [2.05, 4.69) is 15.1 Å². The van der Waals surface area contributed by atoms with Gasteiger partial charge in [0.2, 0.25) is 5.91 Å². The number of nitro benzene ring substituents is 1. The standard InChI is InChI=1S/C25H31N5O4/c26-24(31)17-21(27-25(32)18-6-2-1-3-7-18)19-8-9-22(23(16-19)30(33)34)29-14-10-20(11-15-29)28-12-4-5-13-28/h1-3,6-9,16,20-21H,4-5,10-15,17H2,(H2,26,31)(H,27,32). The van der Waals surface area contributed by atoms with Crippen LogP contribution in [0.2, 0.25) is 0 Å². The minimum Gasteiger partial charge on any atom is -0.370 e. The van der Waals surface area contributed by atoms with Crippen LogP contribution < -0.4 is 16.0 Å². The third-order valence-electron chi connectivity index (χ3n) is 6.81. The largest absolute Gasteiger partial charge is 0.370 e. The Kier molecular flexibility index (Phi) is 7.42. The molecule has 2 fully saturated rings. The van der Waals surface area contributed by atoms with Gasteiger partial charge >= 0.3 is 0 Å². The molecule has 34 heavy (non-hydrogen) atoms. The fraction of sp³-hybridized carbons (Fsp3) is 0.440. The number of amides is 2. The van der Waals surface area contributed by atoms with Gasteiger partial charge in [0.25, 0.3) is 11.6 Å². The maximum Gasteiger partial charge on any atom is 0.292 e. The molecule has 1 atom stereocenters. The molecule has 9 heteroatoms. The topological polar surface area (TPSA) is 122 Å². The fourth-order valence-electron chi connectivity index (χ4n) is 5.03. The highest BCUT2D eigenvalue weighted by molar-refractivity contribution is 5.94. The van der Waals surface area contributed by atoms with E-state index in [4.69, 9.17) is 5.73 Å². The molecule has 3 N–H and O–H groups in total. The Morgan fingerprint density at radius 3 is 2.35 bits per heavy atom. The van der Waals surface area contributed by atoms with Crippen LogP contribution in [0.4, 0.5) is 11.4 Å². The monoisotopic (exact) mass is 465 g/mol. The van der Waals surface area contributed by atoms with E-state index >= 15 is 0 Å². The van der Waals surface area contributed by atoms with Gasteiger partial charge < -0.3 is 20.9 Å². The van der Waals surface area contributed by atoms with Crippen LogP contribution in [0.15, 0.2) is 48.5 Å². The normalized spacial score (nSPS) is 17.9. The summed E-state index contributed by atoms with van der Waals surface area (Å²) < 4.78 is 0. The molecule has 0 aliphatic carbocycles. The van der Waals surface area contributed by atoms with Crippen LogP contribution in [0.1, 0.15) is 54.1 Å². The van der Waals surface area contributed by atoms with Crippen molar-refractivity contribution in [2.45, 2.75) is 44.2 Å². The first-order chi connectivity index (χ1) is 16.4. The number of hydrogen-bond acceptors (Lipinski definition) is 6. The van der Waals surface area contributed by atoms with Crippen molar-refractivity contribution >= 4 is 23.2 Å². The number of primary amides is 1. The van der Waals surface area contributed by atoms with E-state index < -0.39 is 16.9 Å². The molecule has 0 saturated carbocycles. The van der Waals surface area contributed by atoms with Crippen LogP contribution in [0.3, 0.4) is 0 Å². The number of nitrogens with two attached hydrogens (primary N) is 1. The van der Waals surface area contributed by atoms with Gasteiger partial charge in [-0.25, -0.2) is 0 Å². The van der Waals surface area contributed by atoms with Crippen LogP contribution in [-0.2, 0) is 4.79 Å². The Balaban J connectivity index is 1.53. The van der Waals surface area contributed by atoms with Crippen LogP contribution >= 0.6 is 0 Å². The number of nitrogens with zero attached hydrogens (tertiary/aromatic N) is 3. The van der Waals surface area contributed by atoms with Crippen molar-refractivity contribution in [2.24, 2.45) is 5.73 Å². The fourth-order valence-corrected chi connectivity index (χ4v) is 5.03. The molecule has 2 heterocycles. The summed E-state index contributed by atoms with van der Waals surface area (Å²) in [5, 5.41) is 14.8. The molecule has 2 aliphatic rings. The van der Waals surface area contributed by atoms with E-state index in [9.17, 15) is 19.7 Å². The predicted octanol–water partition coefficient (Wildman–Crippen LogP) is 3.01. The lowest BCUT2D eigenvalue weighted by Crippen LogP contribution is -2.44. The minimum absolute atomic E-state index is 0.0273. The summed E-state index contributed by atoms with van der Waals surface area (Å²) in [4.78, 5) is 40.6. The zero-order chi connectivity index (χ0) is 24.1. The molecule has 1 unspecified atom stereocenters. The highest BCUT2D eigenvalue weighted by atomic mass is 16.6. The van der Waals surface area contributed by atoms with E-state index in [1.54, 1.807) is 42.5 Å². The molecule has 9 nitrogen and oxygen atoms in total. The van der Waals surface area contributed by atoms with Gasteiger partial charge in [0.15, 0.2) is 0 Å². The Labute approximate surface area is 199 Å². The Hall–Kier alpha value is -3.46. The summed E-state index contributed by atoms with van der Waals surface area (Å²) >= 11 is 0.